The number of benzene rings is 2. The van der Waals surface area contributed by atoms with Gasteiger partial charge in [0.25, 0.3) is 0 Å². The highest BCUT2D eigenvalue weighted by atomic mass is 35.5. The summed E-state index contributed by atoms with van der Waals surface area (Å²) in [6.45, 7) is 0.169. The van der Waals surface area contributed by atoms with E-state index in [4.69, 9.17) is 16.3 Å². The van der Waals surface area contributed by atoms with Gasteiger partial charge in [0.2, 0.25) is 11.8 Å². The lowest BCUT2D eigenvalue weighted by molar-refractivity contribution is -0.124. The summed E-state index contributed by atoms with van der Waals surface area (Å²) in [4.78, 5) is 31.5. The number of carbonyl (C=O) groups excluding carboxylic acids is 2. The number of rotatable bonds is 5. The minimum absolute atomic E-state index is 0.117. The van der Waals surface area contributed by atoms with Gasteiger partial charge in [-0.2, -0.15) is 0 Å². The molecule has 2 aromatic carbocycles. The molecule has 0 saturated heterocycles. The van der Waals surface area contributed by atoms with Gasteiger partial charge in [-0.15, -0.1) is 0 Å². The summed E-state index contributed by atoms with van der Waals surface area (Å²) in [5, 5.41) is 3.62. The van der Waals surface area contributed by atoms with Gasteiger partial charge in [0.1, 0.15) is 24.2 Å². The molecule has 0 saturated carbocycles. The maximum Gasteiger partial charge on any atom is 0.240 e. The molecule has 1 aromatic heterocycles. The van der Waals surface area contributed by atoms with Crippen molar-refractivity contribution in [3.05, 3.63) is 77.3 Å². The van der Waals surface area contributed by atoms with Gasteiger partial charge in [0.15, 0.2) is 0 Å². The van der Waals surface area contributed by atoms with Crippen molar-refractivity contribution in [1.29, 1.82) is 0 Å². The predicted molar refractivity (Wildman–Crippen MR) is 114 cm³/mol. The van der Waals surface area contributed by atoms with E-state index >= 15 is 0 Å². The number of halogens is 1. The number of nitrogens with zero attached hydrogens (tertiary/aromatic N) is 3. The van der Waals surface area contributed by atoms with Crippen molar-refractivity contribution in [2.45, 2.75) is 12.5 Å². The van der Waals surface area contributed by atoms with Crippen LogP contribution in [0, 0.1) is 0 Å². The number of hydrogen-bond donors (Lipinski definition) is 1. The Kier molecular flexibility index (Phi) is 5.72. The SMILES string of the molecule is Cn1ccnc1[C@@H](NC(=O)CN1C(=O)CCOc2ccccc21)c1ccc(Cl)cc1. The molecule has 0 spiro atoms. The molecule has 2 heterocycles. The van der Waals surface area contributed by atoms with Gasteiger partial charge in [0.05, 0.1) is 18.7 Å². The largest absolute Gasteiger partial charge is 0.491 e. The lowest BCUT2D eigenvalue weighted by atomic mass is 10.1. The van der Waals surface area contributed by atoms with Crippen LogP contribution in [0.3, 0.4) is 0 Å². The molecular weight excluding hydrogens is 404 g/mol. The van der Waals surface area contributed by atoms with Crippen LogP contribution in [0.15, 0.2) is 60.9 Å². The van der Waals surface area contributed by atoms with Crippen molar-refractivity contribution in [3.63, 3.8) is 0 Å². The van der Waals surface area contributed by atoms with Crippen LogP contribution in [0.1, 0.15) is 23.9 Å². The third-order valence-electron chi connectivity index (χ3n) is 4.96. The summed E-state index contributed by atoms with van der Waals surface area (Å²) < 4.78 is 7.49. The van der Waals surface area contributed by atoms with Gasteiger partial charge in [-0.25, -0.2) is 4.98 Å². The van der Waals surface area contributed by atoms with Crippen molar-refractivity contribution in [2.75, 3.05) is 18.1 Å². The zero-order valence-electron chi connectivity index (χ0n) is 16.4. The third-order valence-corrected chi connectivity index (χ3v) is 5.21. The number of hydrogen-bond acceptors (Lipinski definition) is 4. The van der Waals surface area contributed by atoms with Crippen LogP contribution < -0.4 is 15.0 Å². The van der Waals surface area contributed by atoms with Crippen molar-refractivity contribution in [3.8, 4) is 5.75 Å². The molecule has 0 aliphatic carbocycles. The van der Waals surface area contributed by atoms with E-state index in [1.54, 1.807) is 30.5 Å². The Morgan fingerprint density at radius 2 is 2.00 bits per heavy atom. The van der Waals surface area contributed by atoms with Gasteiger partial charge in [-0.1, -0.05) is 35.9 Å². The zero-order chi connectivity index (χ0) is 21.1. The van der Waals surface area contributed by atoms with Gasteiger partial charge in [-0.05, 0) is 29.8 Å². The molecule has 1 aliphatic heterocycles. The molecule has 3 aromatic rings. The first kappa shape index (κ1) is 20.0. The number of ether oxygens (including phenoxy) is 1. The highest BCUT2D eigenvalue weighted by Crippen LogP contribution is 2.31. The standard InChI is InChI=1S/C22H21ClN4O3/c1-26-12-11-24-22(26)21(15-6-8-16(23)9-7-15)25-19(28)14-27-17-4-2-3-5-18(17)30-13-10-20(27)29/h2-9,11-12,21H,10,13-14H2,1H3,(H,25,28)/t21-/m0/s1. The molecule has 1 aliphatic rings. The number of aromatic nitrogens is 2. The maximum absolute atomic E-state index is 13.0. The quantitative estimate of drug-likeness (QED) is 0.682. The number of para-hydroxylation sites is 2. The summed E-state index contributed by atoms with van der Waals surface area (Å²) in [6.07, 6.45) is 3.70. The number of aryl methyl sites for hydroxylation is 1. The zero-order valence-corrected chi connectivity index (χ0v) is 17.2. The Bertz CT molecular complexity index is 1060. The van der Waals surface area contributed by atoms with E-state index in [-0.39, 0.29) is 31.4 Å². The van der Waals surface area contributed by atoms with Gasteiger partial charge in [-0.3, -0.25) is 14.5 Å². The fourth-order valence-electron chi connectivity index (χ4n) is 3.45. The molecule has 0 fully saturated rings. The molecule has 154 valence electrons. The number of amides is 2. The molecular formula is C22H21ClN4O3. The van der Waals surface area contributed by atoms with Gasteiger partial charge >= 0.3 is 0 Å². The minimum atomic E-state index is -0.483. The third kappa shape index (κ3) is 4.16. The van der Waals surface area contributed by atoms with E-state index in [1.807, 2.05) is 42.1 Å². The average Bonchev–Trinajstić information content (AvgIpc) is 3.10. The van der Waals surface area contributed by atoms with Crippen molar-refractivity contribution in [2.24, 2.45) is 7.05 Å². The Balaban J connectivity index is 1.59. The van der Waals surface area contributed by atoms with Crippen LogP contribution >= 0.6 is 11.6 Å². The van der Waals surface area contributed by atoms with Gasteiger partial charge in [0, 0.05) is 24.5 Å². The predicted octanol–water partition coefficient (Wildman–Crippen LogP) is 3.09. The first-order valence-corrected chi connectivity index (χ1v) is 9.95. The molecule has 4 rings (SSSR count). The summed E-state index contributed by atoms with van der Waals surface area (Å²) in [5.74, 6) is 0.809. The maximum atomic E-state index is 13.0. The summed E-state index contributed by atoms with van der Waals surface area (Å²) in [6, 6.07) is 14.0. The monoisotopic (exact) mass is 424 g/mol. The fourth-order valence-corrected chi connectivity index (χ4v) is 3.58. The van der Waals surface area contributed by atoms with Crippen molar-refractivity contribution >= 4 is 29.1 Å². The average molecular weight is 425 g/mol. The summed E-state index contributed by atoms with van der Waals surface area (Å²) in [5.41, 5.74) is 1.43. The second-order valence-electron chi connectivity index (χ2n) is 6.99. The van der Waals surface area contributed by atoms with Gasteiger partial charge < -0.3 is 14.6 Å². The topological polar surface area (TPSA) is 76.5 Å². The first-order valence-electron chi connectivity index (χ1n) is 9.57. The molecule has 30 heavy (non-hydrogen) atoms. The minimum Gasteiger partial charge on any atom is -0.491 e. The Hall–Kier alpha value is -3.32. The highest BCUT2D eigenvalue weighted by Gasteiger charge is 2.27. The summed E-state index contributed by atoms with van der Waals surface area (Å²) >= 11 is 6.02. The van der Waals surface area contributed by atoms with Crippen LogP contribution in [0.2, 0.25) is 5.02 Å². The molecule has 7 nitrogen and oxygen atoms in total. The Morgan fingerprint density at radius 1 is 1.23 bits per heavy atom. The van der Waals surface area contributed by atoms with Crippen LogP contribution in [-0.2, 0) is 16.6 Å². The number of carbonyl (C=O) groups is 2. The van der Waals surface area contributed by atoms with Crippen molar-refractivity contribution < 1.29 is 14.3 Å². The number of anilines is 1. The van der Waals surface area contributed by atoms with E-state index in [0.717, 1.165) is 5.56 Å². The Morgan fingerprint density at radius 3 is 2.73 bits per heavy atom. The van der Waals surface area contributed by atoms with E-state index < -0.39 is 6.04 Å². The van der Waals surface area contributed by atoms with Crippen LogP contribution in [-0.4, -0.2) is 34.5 Å². The summed E-state index contributed by atoms with van der Waals surface area (Å²) in [7, 11) is 1.86. The molecule has 0 bridgehead atoms. The van der Waals surface area contributed by atoms with Crippen LogP contribution in [0.5, 0.6) is 5.75 Å². The molecule has 0 unspecified atom stereocenters. The molecule has 8 heteroatoms. The second-order valence-corrected chi connectivity index (χ2v) is 7.43. The number of nitrogens with one attached hydrogen (secondary N) is 1. The lowest BCUT2D eigenvalue weighted by Gasteiger charge is -2.24. The lowest BCUT2D eigenvalue weighted by Crippen LogP contribution is -2.42. The highest BCUT2D eigenvalue weighted by molar-refractivity contribution is 6.30. The molecule has 1 N–H and O–H groups in total. The molecule has 1 atom stereocenters. The normalized spacial score (nSPS) is 14.5. The van der Waals surface area contributed by atoms with Crippen LogP contribution in [0.25, 0.3) is 0 Å². The number of fused-ring (bicyclic) bond motifs is 1. The van der Waals surface area contributed by atoms with E-state index in [9.17, 15) is 9.59 Å². The second kappa shape index (κ2) is 8.59. The Labute approximate surface area is 179 Å². The van der Waals surface area contributed by atoms with E-state index in [2.05, 4.69) is 10.3 Å². The fraction of sp³-hybridized carbons (Fsp3) is 0.227. The van der Waals surface area contributed by atoms with E-state index in [0.29, 0.717) is 22.3 Å². The molecule has 0 radical (unpaired) electrons. The number of imidazole rings is 1. The van der Waals surface area contributed by atoms with E-state index in [1.165, 1.54) is 4.90 Å². The smallest absolute Gasteiger partial charge is 0.240 e. The molecule has 2 amide bonds. The van der Waals surface area contributed by atoms with Crippen LogP contribution in [0.4, 0.5) is 5.69 Å². The van der Waals surface area contributed by atoms with Crippen molar-refractivity contribution in [1.82, 2.24) is 14.9 Å². The first-order chi connectivity index (χ1) is 14.5.